The van der Waals surface area contributed by atoms with Gasteiger partial charge in [0.2, 0.25) is 5.91 Å². The maximum absolute atomic E-state index is 11.8. The maximum Gasteiger partial charge on any atom is 0.221 e. The van der Waals surface area contributed by atoms with Gasteiger partial charge in [-0.2, -0.15) is 0 Å². The summed E-state index contributed by atoms with van der Waals surface area (Å²) in [5.74, 6) is 0.950. The fourth-order valence-electron chi connectivity index (χ4n) is 2.64. The second kappa shape index (κ2) is 7.63. The van der Waals surface area contributed by atoms with E-state index in [1.807, 2.05) is 12.1 Å². The van der Waals surface area contributed by atoms with Crippen molar-refractivity contribution in [2.45, 2.75) is 51.5 Å². The molecule has 2 rings (SSSR count). The molecule has 1 aromatic carbocycles. The molecule has 4 nitrogen and oxygen atoms in total. The molecule has 1 unspecified atom stereocenters. The summed E-state index contributed by atoms with van der Waals surface area (Å²) in [6.45, 7) is 8.66. The van der Waals surface area contributed by atoms with E-state index < -0.39 is 0 Å². The summed E-state index contributed by atoms with van der Waals surface area (Å²) in [7, 11) is 0. The Morgan fingerprint density at radius 1 is 1.32 bits per heavy atom. The zero-order valence-corrected chi connectivity index (χ0v) is 13.9. The Morgan fingerprint density at radius 3 is 2.64 bits per heavy atom. The molecule has 4 heteroatoms. The quantitative estimate of drug-likeness (QED) is 0.794. The van der Waals surface area contributed by atoms with Crippen LogP contribution in [0, 0.1) is 0 Å². The zero-order valence-electron chi connectivity index (χ0n) is 13.9. The molecular formula is C18H28N2O2. The lowest BCUT2D eigenvalue weighted by Gasteiger charge is -2.19. The molecule has 0 bridgehead atoms. The van der Waals surface area contributed by atoms with E-state index in [1.165, 1.54) is 12.0 Å². The average molecular weight is 304 g/mol. The van der Waals surface area contributed by atoms with E-state index in [-0.39, 0.29) is 11.3 Å². The van der Waals surface area contributed by atoms with Crippen molar-refractivity contribution >= 4 is 5.91 Å². The highest BCUT2D eigenvalue weighted by molar-refractivity contribution is 5.76. The number of carbonyl (C=O) groups is 1. The van der Waals surface area contributed by atoms with Crippen molar-refractivity contribution in [1.29, 1.82) is 0 Å². The fraction of sp³-hybridized carbons (Fsp3) is 0.611. The summed E-state index contributed by atoms with van der Waals surface area (Å²) in [5.41, 5.74) is 1.44. The first-order valence-electron chi connectivity index (χ1n) is 8.18. The summed E-state index contributed by atoms with van der Waals surface area (Å²) in [6.07, 6.45) is 2.84. The van der Waals surface area contributed by atoms with Gasteiger partial charge in [-0.3, -0.25) is 4.79 Å². The van der Waals surface area contributed by atoms with Gasteiger partial charge in [0.25, 0.3) is 0 Å². The number of carbonyl (C=O) groups excluding carboxylic acids is 1. The van der Waals surface area contributed by atoms with E-state index in [2.05, 4.69) is 43.5 Å². The number of ether oxygens (including phenoxy) is 1. The van der Waals surface area contributed by atoms with Crippen molar-refractivity contribution < 1.29 is 9.53 Å². The third-order valence-electron chi connectivity index (χ3n) is 4.01. The standard InChI is InChI=1S/C18H28N2O2/c1-18(2,3)14-6-8-16(9-7-14)22-12-11-20-17(21)13-15-5-4-10-19-15/h6-9,15,19H,4-5,10-13H2,1-3H3,(H,20,21). The summed E-state index contributed by atoms with van der Waals surface area (Å²) in [5, 5.41) is 6.24. The Balaban J connectivity index is 1.64. The summed E-state index contributed by atoms with van der Waals surface area (Å²) in [6, 6.07) is 8.53. The van der Waals surface area contributed by atoms with Gasteiger partial charge in [-0.25, -0.2) is 0 Å². The Kier molecular flexibility index (Phi) is 5.83. The largest absolute Gasteiger partial charge is 0.492 e. The molecule has 22 heavy (non-hydrogen) atoms. The second-order valence-electron chi connectivity index (χ2n) is 6.97. The van der Waals surface area contributed by atoms with Gasteiger partial charge in [0.15, 0.2) is 0 Å². The molecule has 0 radical (unpaired) electrons. The first-order chi connectivity index (χ1) is 10.4. The van der Waals surface area contributed by atoms with Crippen molar-refractivity contribution in [3.8, 4) is 5.75 Å². The first-order valence-corrected chi connectivity index (χ1v) is 8.18. The van der Waals surface area contributed by atoms with E-state index in [9.17, 15) is 4.79 Å². The normalized spacial score (nSPS) is 18.2. The van der Waals surface area contributed by atoms with Crippen LogP contribution in [0.3, 0.4) is 0 Å². The summed E-state index contributed by atoms with van der Waals surface area (Å²) in [4.78, 5) is 11.8. The molecule has 0 aromatic heterocycles. The highest BCUT2D eigenvalue weighted by Crippen LogP contribution is 2.24. The molecule has 1 atom stereocenters. The Labute approximate surface area is 133 Å². The summed E-state index contributed by atoms with van der Waals surface area (Å²) < 4.78 is 5.66. The Bertz CT molecular complexity index is 471. The second-order valence-corrected chi connectivity index (χ2v) is 6.97. The zero-order chi connectivity index (χ0) is 16.0. The molecule has 0 aliphatic carbocycles. The van der Waals surface area contributed by atoms with Crippen LogP contribution in [0.5, 0.6) is 5.75 Å². The van der Waals surface area contributed by atoms with E-state index in [4.69, 9.17) is 4.74 Å². The lowest BCUT2D eigenvalue weighted by molar-refractivity contribution is -0.121. The van der Waals surface area contributed by atoms with Crippen LogP contribution in [0.1, 0.15) is 45.6 Å². The molecule has 1 saturated heterocycles. The minimum Gasteiger partial charge on any atom is -0.492 e. The van der Waals surface area contributed by atoms with Crippen molar-refractivity contribution in [1.82, 2.24) is 10.6 Å². The van der Waals surface area contributed by atoms with Gasteiger partial charge in [0.1, 0.15) is 12.4 Å². The van der Waals surface area contributed by atoms with Crippen molar-refractivity contribution in [3.05, 3.63) is 29.8 Å². The Hall–Kier alpha value is -1.55. The van der Waals surface area contributed by atoms with Gasteiger partial charge < -0.3 is 15.4 Å². The van der Waals surface area contributed by atoms with Gasteiger partial charge in [0, 0.05) is 12.5 Å². The topological polar surface area (TPSA) is 50.4 Å². The van der Waals surface area contributed by atoms with E-state index >= 15 is 0 Å². The van der Waals surface area contributed by atoms with Gasteiger partial charge in [-0.05, 0) is 42.5 Å². The lowest BCUT2D eigenvalue weighted by Crippen LogP contribution is -2.33. The Morgan fingerprint density at radius 2 is 2.05 bits per heavy atom. The molecule has 1 aromatic rings. The minimum atomic E-state index is 0.103. The highest BCUT2D eigenvalue weighted by Gasteiger charge is 2.17. The van der Waals surface area contributed by atoms with Gasteiger partial charge in [0.05, 0.1) is 6.54 Å². The van der Waals surface area contributed by atoms with Crippen LogP contribution in [-0.4, -0.2) is 31.6 Å². The van der Waals surface area contributed by atoms with Crippen molar-refractivity contribution in [2.24, 2.45) is 0 Å². The number of hydrogen-bond acceptors (Lipinski definition) is 3. The molecule has 1 heterocycles. The van der Waals surface area contributed by atoms with Crippen LogP contribution in [0.4, 0.5) is 0 Å². The average Bonchev–Trinajstić information content (AvgIpc) is 2.96. The summed E-state index contributed by atoms with van der Waals surface area (Å²) >= 11 is 0. The van der Waals surface area contributed by atoms with Gasteiger partial charge in [-0.15, -0.1) is 0 Å². The van der Waals surface area contributed by atoms with Gasteiger partial charge in [-0.1, -0.05) is 32.9 Å². The van der Waals surface area contributed by atoms with E-state index in [0.29, 0.717) is 25.6 Å². The molecule has 2 N–H and O–H groups in total. The van der Waals surface area contributed by atoms with E-state index in [0.717, 1.165) is 18.7 Å². The van der Waals surface area contributed by atoms with Crippen LogP contribution in [-0.2, 0) is 10.2 Å². The lowest BCUT2D eigenvalue weighted by atomic mass is 9.87. The molecule has 0 saturated carbocycles. The predicted molar refractivity (Wildman–Crippen MR) is 89.3 cm³/mol. The van der Waals surface area contributed by atoms with Gasteiger partial charge >= 0.3 is 0 Å². The number of nitrogens with one attached hydrogen (secondary N) is 2. The van der Waals surface area contributed by atoms with Crippen LogP contribution in [0.2, 0.25) is 0 Å². The van der Waals surface area contributed by atoms with Crippen LogP contribution in [0.15, 0.2) is 24.3 Å². The predicted octanol–water partition coefficient (Wildman–Crippen LogP) is 2.62. The molecule has 1 fully saturated rings. The number of benzene rings is 1. The third-order valence-corrected chi connectivity index (χ3v) is 4.01. The third kappa shape index (κ3) is 5.34. The highest BCUT2D eigenvalue weighted by atomic mass is 16.5. The maximum atomic E-state index is 11.8. The van der Waals surface area contributed by atoms with Crippen molar-refractivity contribution in [3.63, 3.8) is 0 Å². The number of amides is 1. The minimum absolute atomic E-state index is 0.103. The van der Waals surface area contributed by atoms with Crippen LogP contribution < -0.4 is 15.4 Å². The molecule has 1 aliphatic heterocycles. The van der Waals surface area contributed by atoms with Crippen molar-refractivity contribution in [2.75, 3.05) is 19.7 Å². The van der Waals surface area contributed by atoms with E-state index in [1.54, 1.807) is 0 Å². The van der Waals surface area contributed by atoms with Crippen LogP contribution >= 0.6 is 0 Å². The monoisotopic (exact) mass is 304 g/mol. The first kappa shape index (κ1) is 16.8. The van der Waals surface area contributed by atoms with Crippen LogP contribution in [0.25, 0.3) is 0 Å². The molecule has 0 spiro atoms. The molecule has 1 amide bonds. The molecular weight excluding hydrogens is 276 g/mol. The smallest absolute Gasteiger partial charge is 0.221 e. The number of rotatable bonds is 6. The number of hydrogen-bond donors (Lipinski definition) is 2. The molecule has 1 aliphatic rings. The molecule has 122 valence electrons. The fourth-order valence-corrected chi connectivity index (χ4v) is 2.64. The SMILES string of the molecule is CC(C)(C)c1ccc(OCCNC(=O)CC2CCCN2)cc1.